The number of carbonyl (C=O) groups is 1. The molecule has 0 saturated carbocycles. The number of nitrogens with one attached hydrogen (secondary N) is 1. The van der Waals surface area contributed by atoms with Gasteiger partial charge in [0.05, 0.1) is 0 Å². The first-order valence-corrected chi connectivity index (χ1v) is 6.44. The van der Waals surface area contributed by atoms with Gasteiger partial charge >= 0.3 is 0 Å². The standard InChI is InChI=1S/C12H18N2OS/c13-12(15)8-4-5-9-16-14-10-11-6-2-1-3-7-11/h1-3,6-7,14H,4-5,8-10H2,(H2,13,15). The average molecular weight is 238 g/mol. The van der Waals surface area contributed by atoms with Crippen LogP contribution in [-0.4, -0.2) is 11.7 Å². The van der Waals surface area contributed by atoms with Crippen LogP contribution in [0.5, 0.6) is 0 Å². The Kier molecular flexibility index (Phi) is 6.69. The topological polar surface area (TPSA) is 55.1 Å². The lowest BCUT2D eigenvalue weighted by Crippen LogP contribution is -2.10. The van der Waals surface area contributed by atoms with Crippen molar-refractivity contribution in [1.82, 2.24) is 4.72 Å². The van der Waals surface area contributed by atoms with Gasteiger partial charge in [0.1, 0.15) is 0 Å². The molecule has 0 aliphatic carbocycles. The fraction of sp³-hybridized carbons (Fsp3) is 0.417. The zero-order valence-corrected chi connectivity index (χ0v) is 10.1. The predicted octanol–water partition coefficient (Wildman–Crippen LogP) is 2.08. The van der Waals surface area contributed by atoms with Gasteiger partial charge in [-0.3, -0.25) is 9.52 Å². The van der Waals surface area contributed by atoms with Crippen molar-refractivity contribution < 1.29 is 4.79 Å². The molecule has 0 heterocycles. The lowest BCUT2D eigenvalue weighted by molar-refractivity contribution is -0.118. The maximum absolute atomic E-state index is 10.5. The van der Waals surface area contributed by atoms with E-state index in [0.29, 0.717) is 6.42 Å². The Morgan fingerprint density at radius 2 is 2.00 bits per heavy atom. The molecule has 1 rings (SSSR count). The molecule has 16 heavy (non-hydrogen) atoms. The molecule has 0 aliphatic rings. The number of nitrogens with two attached hydrogens (primary N) is 1. The summed E-state index contributed by atoms with van der Waals surface area (Å²) in [5.41, 5.74) is 6.33. The van der Waals surface area contributed by atoms with Crippen LogP contribution in [0, 0.1) is 0 Å². The van der Waals surface area contributed by atoms with E-state index in [4.69, 9.17) is 5.73 Å². The predicted molar refractivity (Wildman–Crippen MR) is 68.8 cm³/mol. The Bertz CT molecular complexity index is 303. The van der Waals surface area contributed by atoms with Gasteiger partial charge < -0.3 is 5.73 Å². The largest absolute Gasteiger partial charge is 0.370 e. The molecule has 88 valence electrons. The molecular weight excluding hydrogens is 220 g/mol. The van der Waals surface area contributed by atoms with Gasteiger partial charge in [-0.05, 0) is 18.4 Å². The van der Waals surface area contributed by atoms with E-state index in [2.05, 4.69) is 16.9 Å². The van der Waals surface area contributed by atoms with Crippen molar-refractivity contribution in [2.45, 2.75) is 25.8 Å². The van der Waals surface area contributed by atoms with E-state index in [9.17, 15) is 4.79 Å². The number of amides is 1. The molecule has 3 nitrogen and oxygen atoms in total. The quantitative estimate of drug-likeness (QED) is 0.538. The fourth-order valence-corrected chi connectivity index (χ4v) is 2.04. The Balaban J connectivity index is 1.94. The molecule has 0 bridgehead atoms. The lowest BCUT2D eigenvalue weighted by atomic mass is 10.2. The van der Waals surface area contributed by atoms with Gasteiger partial charge in [-0.15, -0.1) is 0 Å². The van der Waals surface area contributed by atoms with Gasteiger partial charge in [0.25, 0.3) is 0 Å². The number of rotatable bonds is 8. The van der Waals surface area contributed by atoms with Gasteiger partial charge in [0, 0.05) is 18.7 Å². The van der Waals surface area contributed by atoms with Crippen LogP contribution in [0.3, 0.4) is 0 Å². The summed E-state index contributed by atoms with van der Waals surface area (Å²) in [4.78, 5) is 10.5. The number of hydrogen-bond acceptors (Lipinski definition) is 3. The second-order valence-electron chi connectivity index (χ2n) is 3.58. The second kappa shape index (κ2) is 8.19. The Hall–Kier alpha value is -1.00. The number of hydrogen-bond donors (Lipinski definition) is 2. The van der Waals surface area contributed by atoms with Crippen LogP contribution in [0.2, 0.25) is 0 Å². The summed E-state index contributed by atoms with van der Waals surface area (Å²) in [6.07, 6.45) is 2.41. The molecule has 0 unspecified atom stereocenters. The monoisotopic (exact) mass is 238 g/mol. The second-order valence-corrected chi connectivity index (χ2v) is 4.56. The number of primary amides is 1. The van der Waals surface area contributed by atoms with Gasteiger partial charge in [-0.1, -0.05) is 42.3 Å². The van der Waals surface area contributed by atoms with E-state index in [1.54, 1.807) is 11.9 Å². The van der Waals surface area contributed by atoms with Crippen LogP contribution in [-0.2, 0) is 11.3 Å². The van der Waals surface area contributed by atoms with Gasteiger partial charge in [0.15, 0.2) is 0 Å². The maximum Gasteiger partial charge on any atom is 0.217 e. The third-order valence-electron chi connectivity index (χ3n) is 2.14. The van der Waals surface area contributed by atoms with E-state index >= 15 is 0 Å². The van der Waals surface area contributed by atoms with Crippen LogP contribution >= 0.6 is 11.9 Å². The SMILES string of the molecule is NC(=O)CCCCSNCc1ccccc1. The first-order chi connectivity index (χ1) is 7.79. The molecule has 1 aromatic carbocycles. The highest BCUT2D eigenvalue weighted by molar-refractivity contribution is 7.97. The number of benzene rings is 1. The third-order valence-corrected chi connectivity index (χ3v) is 2.98. The number of carbonyl (C=O) groups excluding carboxylic acids is 1. The molecule has 0 aliphatic heterocycles. The minimum Gasteiger partial charge on any atom is -0.370 e. The minimum atomic E-state index is -0.206. The summed E-state index contributed by atoms with van der Waals surface area (Å²) in [6.45, 7) is 0.876. The van der Waals surface area contributed by atoms with Crippen molar-refractivity contribution in [3.8, 4) is 0 Å². The molecule has 1 amide bonds. The molecule has 0 fully saturated rings. The van der Waals surface area contributed by atoms with Gasteiger partial charge in [-0.25, -0.2) is 0 Å². The van der Waals surface area contributed by atoms with E-state index in [1.807, 2.05) is 18.2 Å². The first kappa shape index (κ1) is 13.1. The molecule has 4 heteroatoms. The van der Waals surface area contributed by atoms with E-state index in [1.165, 1.54) is 5.56 Å². The minimum absolute atomic E-state index is 0.206. The fourth-order valence-electron chi connectivity index (χ4n) is 1.28. The van der Waals surface area contributed by atoms with Gasteiger partial charge in [0.2, 0.25) is 5.91 Å². The summed E-state index contributed by atoms with van der Waals surface area (Å²) in [5.74, 6) is 0.808. The van der Waals surface area contributed by atoms with Crippen molar-refractivity contribution in [2.75, 3.05) is 5.75 Å². The maximum atomic E-state index is 10.5. The Morgan fingerprint density at radius 3 is 2.69 bits per heavy atom. The summed E-state index contributed by atoms with van der Waals surface area (Å²) >= 11 is 1.70. The normalized spacial score (nSPS) is 10.2. The highest BCUT2D eigenvalue weighted by Crippen LogP contribution is 2.05. The third kappa shape index (κ3) is 6.48. The Morgan fingerprint density at radius 1 is 1.25 bits per heavy atom. The van der Waals surface area contributed by atoms with E-state index in [-0.39, 0.29) is 5.91 Å². The molecule has 0 atom stereocenters. The van der Waals surface area contributed by atoms with Crippen molar-refractivity contribution in [3.63, 3.8) is 0 Å². The molecule has 0 spiro atoms. The summed E-state index contributed by atoms with van der Waals surface area (Å²) in [5, 5.41) is 0. The summed E-state index contributed by atoms with van der Waals surface area (Å²) in [6, 6.07) is 10.3. The smallest absolute Gasteiger partial charge is 0.217 e. The van der Waals surface area contributed by atoms with Crippen LogP contribution in [0.25, 0.3) is 0 Å². The molecule has 3 N–H and O–H groups in total. The molecule has 1 aromatic rings. The summed E-state index contributed by atoms with van der Waals surface area (Å²) in [7, 11) is 0. The Labute approximate surface area is 101 Å². The van der Waals surface area contributed by atoms with Crippen LogP contribution < -0.4 is 10.5 Å². The van der Waals surface area contributed by atoms with Gasteiger partial charge in [-0.2, -0.15) is 0 Å². The van der Waals surface area contributed by atoms with E-state index < -0.39 is 0 Å². The van der Waals surface area contributed by atoms with Crippen molar-refractivity contribution in [1.29, 1.82) is 0 Å². The molecule has 0 saturated heterocycles. The van der Waals surface area contributed by atoms with E-state index in [0.717, 1.165) is 25.1 Å². The highest BCUT2D eigenvalue weighted by atomic mass is 32.2. The molecule has 0 radical (unpaired) electrons. The zero-order chi connectivity index (χ0) is 11.6. The lowest BCUT2D eigenvalue weighted by Gasteiger charge is -2.03. The zero-order valence-electron chi connectivity index (χ0n) is 9.32. The number of unbranched alkanes of at least 4 members (excludes halogenated alkanes) is 1. The average Bonchev–Trinajstić information content (AvgIpc) is 2.29. The molecular formula is C12H18N2OS. The van der Waals surface area contributed by atoms with Crippen molar-refractivity contribution in [3.05, 3.63) is 35.9 Å². The van der Waals surface area contributed by atoms with Crippen LogP contribution in [0.15, 0.2) is 30.3 Å². The van der Waals surface area contributed by atoms with Crippen molar-refractivity contribution >= 4 is 17.9 Å². The molecule has 0 aromatic heterocycles. The first-order valence-electron chi connectivity index (χ1n) is 5.46. The summed E-state index contributed by atoms with van der Waals surface area (Å²) < 4.78 is 3.29. The van der Waals surface area contributed by atoms with Crippen molar-refractivity contribution in [2.24, 2.45) is 5.73 Å². The van der Waals surface area contributed by atoms with Crippen LogP contribution in [0.1, 0.15) is 24.8 Å². The van der Waals surface area contributed by atoms with Crippen LogP contribution in [0.4, 0.5) is 0 Å². The highest BCUT2D eigenvalue weighted by Gasteiger charge is 1.95.